The third-order valence-electron chi connectivity index (χ3n) is 3.06. The van der Waals surface area contributed by atoms with Crippen LogP contribution < -0.4 is 14.8 Å². The lowest BCUT2D eigenvalue weighted by Crippen LogP contribution is -2.04. The van der Waals surface area contributed by atoms with E-state index < -0.39 is 0 Å². The number of rotatable bonds is 7. The van der Waals surface area contributed by atoms with Gasteiger partial charge in [0, 0.05) is 26.8 Å². The van der Waals surface area contributed by atoms with Crippen LogP contribution in [0.25, 0.3) is 0 Å². The number of halogens is 3. The van der Waals surface area contributed by atoms with E-state index in [0.29, 0.717) is 29.8 Å². The predicted octanol–water partition coefficient (Wildman–Crippen LogP) is 6.17. The summed E-state index contributed by atoms with van der Waals surface area (Å²) in [5.41, 5.74) is 1.91. The summed E-state index contributed by atoms with van der Waals surface area (Å²) >= 11 is 15.6. The van der Waals surface area contributed by atoms with Crippen molar-refractivity contribution in [2.24, 2.45) is 0 Å². The second-order valence-electron chi connectivity index (χ2n) is 4.77. The first-order valence-corrected chi connectivity index (χ1v) is 8.86. The highest BCUT2D eigenvalue weighted by molar-refractivity contribution is 9.10. The number of ether oxygens (including phenoxy) is 2. The van der Waals surface area contributed by atoms with Crippen LogP contribution in [0.4, 0.5) is 5.69 Å². The van der Waals surface area contributed by atoms with Crippen molar-refractivity contribution in [2.45, 2.75) is 20.4 Å². The smallest absolute Gasteiger partial charge is 0.162 e. The Kier molecular flexibility index (Phi) is 6.88. The number of benzene rings is 2. The summed E-state index contributed by atoms with van der Waals surface area (Å²) in [5.74, 6) is 1.47. The van der Waals surface area contributed by atoms with Crippen LogP contribution in [0.1, 0.15) is 19.4 Å². The van der Waals surface area contributed by atoms with Crippen LogP contribution in [0.3, 0.4) is 0 Å². The topological polar surface area (TPSA) is 30.5 Å². The minimum absolute atomic E-state index is 0.582. The molecule has 0 amide bonds. The fraction of sp³-hybridized carbons (Fsp3) is 0.294. The van der Waals surface area contributed by atoms with E-state index in [9.17, 15) is 0 Å². The summed E-state index contributed by atoms with van der Waals surface area (Å²) in [7, 11) is 0. The van der Waals surface area contributed by atoms with Crippen LogP contribution in [-0.4, -0.2) is 13.2 Å². The van der Waals surface area contributed by atoms with Crippen LogP contribution in [0.15, 0.2) is 34.8 Å². The molecule has 0 atom stereocenters. The van der Waals surface area contributed by atoms with Crippen molar-refractivity contribution < 1.29 is 9.47 Å². The Balaban J connectivity index is 2.20. The minimum Gasteiger partial charge on any atom is -0.490 e. The van der Waals surface area contributed by atoms with Crippen molar-refractivity contribution in [3.63, 3.8) is 0 Å². The maximum Gasteiger partial charge on any atom is 0.162 e. The molecule has 0 heterocycles. The van der Waals surface area contributed by atoms with Gasteiger partial charge in [-0.05, 0) is 49.7 Å². The van der Waals surface area contributed by atoms with E-state index in [0.717, 1.165) is 27.2 Å². The van der Waals surface area contributed by atoms with E-state index in [1.54, 1.807) is 6.07 Å². The normalized spacial score (nSPS) is 10.5. The predicted molar refractivity (Wildman–Crippen MR) is 100 cm³/mol. The average molecular weight is 419 g/mol. The Morgan fingerprint density at radius 2 is 1.48 bits per heavy atom. The van der Waals surface area contributed by atoms with E-state index in [-0.39, 0.29) is 0 Å². The van der Waals surface area contributed by atoms with E-state index in [2.05, 4.69) is 21.2 Å². The summed E-state index contributed by atoms with van der Waals surface area (Å²) in [4.78, 5) is 0. The van der Waals surface area contributed by atoms with Gasteiger partial charge in [-0.1, -0.05) is 39.1 Å². The molecule has 0 aromatic heterocycles. The standard InChI is InChI=1S/C17H18BrCl2NO2/c1-3-22-16-5-11(15(18)9-17(16)23-4-2)10-21-14-7-12(19)6-13(20)8-14/h5-9,21H,3-4,10H2,1-2H3. The van der Waals surface area contributed by atoms with Crippen LogP contribution in [0.5, 0.6) is 11.5 Å². The Bertz CT molecular complexity index is 660. The molecule has 0 spiro atoms. The van der Waals surface area contributed by atoms with E-state index >= 15 is 0 Å². The van der Waals surface area contributed by atoms with Gasteiger partial charge in [0.15, 0.2) is 11.5 Å². The quantitative estimate of drug-likeness (QED) is 0.583. The molecule has 0 saturated carbocycles. The molecule has 23 heavy (non-hydrogen) atoms. The molecule has 0 unspecified atom stereocenters. The summed E-state index contributed by atoms with van der Waals surface area (Å²) in [5, 5.41) is 4.50. The zero-order chi connectivity index (χ0) is 16.8. The molecule has 0 aliphatic heterocycles. The SMILES string of the molecule is CCOc1cc(Br)c(CNc2cc(Cl)cc(Cl)c2)cc1OCC. The van der Waals surface area contributed by atoms with Gasteiger partial charge in [0.2, 0.25) is 0 Å². The third-order valence-corrected chi connectivity index (χ3v) is 4.23. The second kappa shape index (κ2) is 8.67. The largest absolute Gasteiger partial charge is 0.490 e. The minimum atomic E-state index is 0.582. The number of hydrogen-bond donors (Lipinski definition) is 1. The van der Waals surface area contributed by atoms with E-state index in [1.165, 1.54) is 0 Å². The van der Waals surface area contributed by atoms with Crippen molar-refractivity contribution in [3.8, 4) is 11.5 Å². The second-order valence-corrected chi connectivity index (χ2v) is 6.50. The highest BCUT2D eigenvalue weighted by atomic mass is 79.9. The summed E-state index contributed by atoms with van der Waals surface area (Å²) < 4.78 is 12.2. The third kappa shape index (κ3) is 5.20. The molecular formula is C17H18BrCl2NO2. The summed E-state index contributed by atoms with van der Waals surface area (Å²) in [6.07, 6.45) is 0. The maximum atomic E-state index is 6.01. The number of nitrogens with one attached hydrogen (secondary N) is 1. The van der Waals surface area contributed by atoms with Gasteiger partial charge in [-0.25, -0.2) is 0 Å². The first-order chi connectivity index (χ1) is 11.0. The van der Waals surface area contributed by atoms with Crippen molar-refractivity contribution in [3.05, 3.63) is 50.4 Å². The van der Waals surface area contributed by atoms with Crippen LogP contribution in [0.2, 0.25) is 10.0 Å². The molecule has 0 bridgehead atoms. The summed E-state index contributed by atoms with van der Waals surface area (Å²) in [6.45, 7) is 5.67. The van der Waals surface area contributed by atoms with Gasteiger partial charge in [0.05, 0.1) is 13.2 Å². The van der Waals surface area contributed by atoms with Gasteiger partial charge in [0.1, 0.15) is 0 Å². The monoisotopic (exact) mass is 417 g/mol. The first kappa shape index (κ1) is 18.2. The molecule has 0 saturated heterocycles. The molecule has 0 fully saturated rings. The van der Waals surface area contributed by atoms with Crippen LogP contribution in [0, 0.1) is 0 Å². The highest BCUT2D eigenvalue weighted by Gasteiger charge is 2.11. The first-order valence-electron chi connectivity index (χ1n) is 7.31. The van der Waals surface area contributed by atoms with Crippen LogP contribution >= 0.6 is 39.1 Å². The lowest BCUT2D eigenvalue weighted by Gasteiger charge is -2.15. The summed E-state index contributed by atoms with van der Waals surface area (Å²) in [6, 6.07) is 9.27. The molecule has 1 N–H and O–H groups in total. The van der Waals surface area contributed by atoms with Crippen molar-refractivity contribution >= 4 is 44.8 Å². The van der Waals surface area contributed by atoms with Crippen molar-refractivity contribution in [1.29, 1.82) is 0 Å². The highest BCUT2D eigenvalue weighted by Crippen LogP contribution is 2.34. The number of hydrogen-bond acceptors (Lipinski definition) is 3. The molecule has 2 aromatic rings. The van der Waals surface area contributed by atoms with Crippen molar-refractivity contribution in [1.82, 2.24) is 0 Å². The molecular weight excluding hydrogens is 401 g/mol. The molecule has 0 aliphatic rings. The van der Waals surface area contributed by atoms with Crippen molar-refractivity contribution in [2.75, 3.05) is 18.5 Å². The Labute approximate surface area is 155 Å². The lowest BCUT2D eigenvalue weighted by atomic mass is 10.2. The fourth-order valence-electron chi connectivity index (χ4n) is 2.10. The number of anilines is 1. The molecule has 2 aromatic carbocycles. The Morgan fingerprint density at radius 3 is 2.04 bits per heavy atom. The van der Waals surface area contributed by atoms with Gasteiger partial charge in [-0.15, -0.1) is 0 Å². The zero-order valence-corrected chi connectivity index (χ0v) is 16.1. The van der Waals surface area contributed by atoms with Gasteiger partial charge in [-0.3, -0.25) is 0 Å². The maximum absolute atomic E-state index is 6.01. The van der Waals surface area contributed by atoms with Crippen LogP contribution in [-0.2, 0) is 6.54 Å². The molecule has 0 radical (unpaired) electrons. The molecule has 0 aliphatic carbocycles. The van der Waals surface area contributed by atoms with Gasteiger partial charge >= 0.3 is 0 Å². The Morgan fingerprint density at radius 1 is 0.913 bits per heavy atom. The van der Waals surface area contributed by atoms with Gasteiger partial charge < -0.3 is 14.8 Å². The van der Waals surface area contributed by atoms with Gasteiger partial charge in [0.25, 0.3) is 0 Å². The average Bonchev–Trinajstić information content (AvgIpc) is 2.48. The molecule has 3 nitrogen and oxygen atoms in total. The van der Waals surface area contributed by atoms with Gasteiger partial charge in [-0.2, -0.15) is 0 Å². The molecule has 6 heteroatoms. The lowest BCUT2D eigenvalue weighted by molar-refractivity contribution is 0.287. The Hall–Kier alpha value is -1.10. The van der Waals surface area contributed by atoms with E-state index in [1.807, 2.05) is 38.1 Å². The molecule has 2 rings (SSSR count). The molecule has 124 valence electrons. The fourth-order valence-corrected chi connectivity index (χ4v) is 3.09. The zero-order valence-electron chi connectivity index (χ0n) is 13.0. The van der Waals surface area contributed by atoms with E-state index in [4.69, 9.17) is 32.7 Å².